The zero-order valence-electron chi connectivity index (χ0n) is 19.0. The van der Waals surface area contributed by atoms with Crippen molar-refractivity contribution in [3.63, 3.8) is 0 Å². The fourth-order valence-corrected chi connectivity index (χ4v) is 3.39. The van der Waals surface area contributed by atoms with Gasteiger partial charge >= 0.3 is 0 Å². The van der Waals surface area contributed by atoms with Crippen LogP contribution < -0.4 is 15.4 Å². The zero-order chi connectivity index (χ0) is 26.1. The minimum atomic E-state index is -0.986. The van der Waals surface area contributed by atoms with Crippen LogP contribution >= 0.6 is 23.2 Å². The van der Waals surface area contributed by atoms with Crippen LogP contribution in [0.15, 0.2) is 65.7 Å². The first-order chi connectivity index (χ1) is 17.2. The predicted molar refractivity (Wildman–Crippen MR) is 133 cm³/mol. The van der Waals surface area contributed by atoms with E-state index in [-0.39, 0.29) is 36.1 Å². The molecule has 2 amide bonds. The number of nitrogens with one attached hydrogen (secondary N) is 2. The quantitative estimate of drug-likeness (QED) is 0.302. The van der Waals surface area contributed by atoms with Crippen LogP contribution in [0.1, 0.15) is 28.2 Å². The van der Waals surface area contributed by atoms with Crippen LogP contribution in [0.3, 0.4) is 0 Å². The third-order valence-electron chi connectivity index (χ3n) is 5.00. The van der Waals surface area contributed by atoms with E-state index in [4.69, 9.17) is 32.5 Å². The summed E-state index contributed by atoms with van der Waals surface area (Å²) in [6, 6.07) is 12.0. The largest absolute Gasteiger partial charge is 0.484 e. The molecule has 190 valence electrons. The topological polar surface area (TPSA) is 114 Å². The highest BCUT2D eigenvalue weighted by Crippen LogP contribution is 2.20. The van der Waals surface area contributed by atoms with Crippen LogP contribution in [0.2, 0.25) is 10.0 Å². The lowest BCUT2D eigenvalue weighted by atomic mass is 10.1. The number of aliphatic hydroxyl groups excluding tert-OH is 1. The first kappa shape index (κ1) is 27.2. The number of aliphatic hydroxyl groups is 1. The summed E-state index contributed by atoms with van der Waals surface area (Å²) in [7, 11) is 0. The van der Waals surface area contributed by atoms with Crippen molar-refractivity contribution in [2.24, 2.45) is 0 Å². The van der Waals surface area contributed by atoms with Gasteiger partial charge in [-0.2, -0.15) is 0 Å². The summed E-state index contributed by atoms with van der Waals surface area (Å²) in [5, 5.41) is 19.9. The highest BCUT2D eigenvalue weighted by atomic mass is 35.5. The molecule has 0 fully saturated rings. The molecule has 2 aromatic carbocycles. The van der Waals surface area contributed by atoms with Gasteiger partial charge in [-0.15, -0.1) is 6.58 Å². The molecule has 0 bridgehead atoms. The van der Waals surface area contributed by atoms with Crippen molar-refractivity contribution in [1.29, 1.82) is 0 Å². The van der Waals surface area contributed by atoms with Gasteiger partial charge in [-0.1, -0.05) is 46.6 Å². The lowest BCUT2D eigenvalue weighted by Gasteiger charge is -2.18. The Morgan fingerprint density at radius 1 is 1.19 bits per heavy atom. The van der Waals surface area contributed by atoms with Crippen LogP contribution in [0.5, 0.6) is 5.75 Å². The molecule has 2 atom stereocenters. The van der Waals surface area contributed by atoms with Gasteiger partial charge in [0.25, 0.3) is 11.8 Å². The Hall–Kier alpha value is -3.40. The van der Waals surface area contributed by atoms with Crippen molar-refractivity contribution >= 4 is 35.0 Å². The fraction of sp³-hybridized carbons (Fsp3) is 0.240. The van der Waals surface area contributed by atoms with Crippen molar-refractivity contribution in [1.82, 2.24) is 15.8 Å². The van der Waals surface area contributed by atoms with Crippen LogP contribution in [-0.4, -0.2) is 47.4 Å². The standard InChI is InChI=1S/C25H24Cl2FN3O5/c1-2-17(10-19(32)13-29-24(33)14-35-20-7-8-21(27)22(28)12-20)30-25(34)23-11-18(31-36-23)9-15-3-5-16(26)6-4-15/h2-8,11-12,17,19,32H,1,9-10,13-14H2,(H,29,33)(H,30,34). The molecule has 0 aliphatic rings. The van der Waals surface area contributed by atoms with Gasteiger partial charge in [-0.25, -0.2) is 4.39 Å². The van der Waals surface area contributed by atoms with Crippen LogP contribution in [0, 0.1) is 5.82 Å². The zero-order valence-corrected chi connectivity index (χ0v) is 20.6. The highest BCUT2D eigenvalue weighted by Gasteiger charge is 2.19. The van der Waals surface area contributed by atoms with E-state index in [2.05, 4.69) is 22.4 Å². The molecular formula is C25H24Cl2FN3O5. The van der Waals surface area contributed by atoms with Gasteiger partial charge in [0.2, 0.25) is 5.76 Å². The van der Waals surface area contributed by atoms with E-state index in [9.17, 15) is 19.1 Å². The Morgan fingerprint density at radius 3 is 2.64 bits per heavy atom. The van der Waals surface area contributed by atoms with Crippen molar-refractivity contribution in [3.8, 4) is 5.75 Å². The average Bonchev–Trinajstić information content (AvgIpc) is 3.33. The molecule has 8 nitrogen and oxygen atoms in total. The highest BCUT2D eigenvalue weighted by molar-refractivity contribution is 6.30. The van der Waals surface area contributed by atoms with Gasteiger partial charge in [0.05, 0.1) is 16.8 Å². The van der Waals surface area contributed by atoms with E-state index < -0.39 is 29.8 Å². The number of aromatic nitrogens is 1. The molecule has 0 saturated heterocycles. The normalized spacial score (nSPS) is 12.4. The van der Waals surface area contributed by atoms with E-state index in [0.29, 0.717) is 17.1 Å². The van der Waals surface area contributed by atoms with Gasteiger partial charge in [0, 0.05) is 36.2 Å². The van der Waals surface area contributed by atoms with Crippen LogP contribution in [-0.2, 0) is 11.2 Å². The summed E-state index contributed by atoms with van der Waals surface area (Å²) in [5.41, 5.74) is 1.53. The second-order valence-corrected chi connectivity index (χ2v) is 8.70. The van der Waals surface area contributed by atoms with Crippen molar-refractivity contribution in [2.75, 3.05) is 13.2 Å². The molecular weight excluding hydrogens is 512 g/mol. The third kappa shape index (κ3) is 8.37. The second-order valence-electron chi connectivity index (χ2n) is 7.86. The summed E-state index contributed by atoms with van der Waals surface area (Å²) >= 11 is 11.5. The van der Waals surface area contributed by atoms with Gasteiger partial charge in [0.1, 0.15) is 11.6 Å². The lowest BCUT2D eigenvalue weighted by molar-refractivity contribution is -0.123. The SMILES string of the molecule is C=CC(CC(O)CNC(=O)COc1ccc(Cl)c(F)c1)NC(=O)c1cc(Cc2ccc(Cl)cc2)no1. The first-order valence-corrected chi connectivity index (χ1v) is 11.6. The van der Waals surface area contributed by atoms with E-state index in [0.717, 1.165) is 11.6 Å². The fourth-order valence-electron chi connectivity index (χ4n) is 3.14. The molecule has 0 aliphatic carbocycles. The minimum absolute atomic E-state index is 0.0180. The van der Waals surface area contributed by atoms with Crippen LogP contribution in [0.4, 0.5) is 4.39 Å². The maximum Gasteiger partial charge on any atom is 0.290 e. The summed E-state index contributed by atoms with van der Waals surface area (Å²) in [6.07, 6.45) is 1.03. The Morgan fingerprint density at radius 2 is 1.94 bits per heavy atom. The van der Waals surface area contributed by atoms with E-state index in [1.165, 1.54) is 24.3 Å². The van der Waals surface area contributed by atoms with Gasteiger partial charge in [-0.3, -0.25) is 9.59 Å². The number of carbonyl (C=O) groups is 2. The summed E-state index contributed by atoms with van der Waals surface area (Å²) in [5.74, 6) is -1.53. The predicted octanol–water partition coefficient (Wildman–Crippen LogP) is 3.94. The Bertz CT molecular complexity index is 1200. The van der Waals surface area contributed by atoms with Crippen LogP contribution in [0.25, 0.3) is 0 Å². The minimum Gasteiger partial charge on any atom is -0.484 e. The lowest BCUT2D eigenvalue weighted by Crippen LogP contribution is -2.40. The maximum absolute atomic E-state index is 13.4. The van der Waals surface area contributed by atoms with Crippen molar-refractivity contribution in [3.05, 3.63) is 94.1 Å². The van der Waals surface area contributed by atoms with Gasteiger partial charge in [0.15, 0.2) is 6.61 Å². The van der Waals surface area contributed by atoms with Crippen molar-refractivity contribution in [2.45, 2.75) is 25.0 Å². The third-order valence-corrected chi connectivity index (χ3v) is 5.56. The van der Waals surface area contributed by atoms with Crippen molar-refractivity contribution < 1.29 is 28.3 Å². The summed E-state index contributed by atoms with van der Waals surface area (Å²) in [4.78, 5) is 24.5. The van der Waals surface area contributed by atoms with E-state index in [1.54, 1.807) is 12.1 Å². The Kier molecular flexibility index (Phi) is 9.86. The van der Waals surface area contributed by atoms with Gasteiger partial charge < -0.3 is 25.0 Å². The molecule has 11 heteroatoms. The molecule has 0 spiro atoms. The number of benzene rings is 2. The number of amides is 2. The number of nitrogens with zero attached hydrogens (tertiary/aromatic N) is 1. The first-order valence-electron chi connectivity index (χ1n) is 10.9. The molecule has 0 radical (unpaired) electrons. The maximum atomic E-state index is 13.4. The molecule has 2 unspecified atom stereocenters. The number of ether oxygens (including phenoxy) is 1. The molecule has 36 heavy (non-hydrogen) atoms. The number of rotatable bonds is 12. The van der Waals surface area contributed by atoms with E-state index >= 15 is 0 Å². The monoisotopic (exact) mass is 535 g/mol. The second kappa shape index (κ2) is 13.1. The summed E-state index contributed by atoms with van der Waals surface area (Å²) < 4.78 is 23.8. The molecule has 1 heterocycles. The molecule has 3 rings (SSSR count). The number of carbonyl (C=O) groups excluding carboxylic acids is 2. The molecule has 3 N–H and O–H groups in total. The molecule has 3 aromatic rings. The van der Waals surface area contributed by atoms with Gasteiger partial charge in [-0.05, 0) is 36.2 Å². The number of halogens is 3. The smallest absolute Gasteiger partial charge is 0.290 e. The summed E-state index contributed by atoms with van der Waals surface area (Å²) in [6.45, 7) is 3.20. The Balaban J connectivity index is 1.42. The molecule has 0 saturated carbocycles. The number of hydrogen-bond donors (Lipinski definition) is 3. The number of hydrogen-bond acceptors (Lipinski definition) is 6. The average molecular weight is 536 g/mol. The van der Waals surface area contributed by atoms with E-state index in [1.807, 2.05) is 12.1 Å². The molecule has 1 aromatic heterocycles. The Labute approximate surface area is 217 Å². The molecule has 0 aliphatic heterocycles.